The fourth-order valence-corrected chi connectivity index (χ4v) is 3.89. The summed E-state index contributed by atoms with van der Waals surface area (Å²) in [5, 5.41) is 20.6. The number of aromatic carboxylic acids is 2. The molecule has 0 bridgehead atoms. The minimum atomic E-state index is -1.36. The van der Waals surface area contributed by atoms with E-state index in [-0.39, 0.29) is 26.0 Å². The number of rotatable bonds is 6. The highest BCUT2D eigenvalue weighted by Gasteiger charge is 2.33. The largest absolute Gasteiger partial charge is 0.478 e. The van der Waals surface area contributed by atoms with Crippen LogP contribution in [0, 0.1) is 5.82 Å². The molecule has 2 aromatic carbocycles. The van der Waals surface area contributed by atoms with Crippen molar-refractivity contribution in [3.05, 3.63) is 69.9 Å². The van der Waals surface area contributed by atoms with Crippen LogP contribution in [0.1, 0.15) is 26.3 Å². The van der Waals surface area contributed by atoms with Crippen LogP contribution in [0.5, 0.6) is 0 Å². The molecule has 0 unspecified atom stereocenters. The second-order valence-electron chi connectivity index (χ2n) is 6.28. The van der Waals surface area contributed by atoms with Crippen molar-refractivity contribution in [1.29, 1.82) is 0 Å². The maximum absolute atomic E-state index is 13.0. The van der Waals surface area contributed by atoms with Crippen molar-refractivity contribution < 1.29 is 33.8 Å². The van der Waals surface area contributed by atoms with E-state index in [1.165, 1.54) is 30.3 Å². The molecule has 1 saturated heterocycles. The summed E-state index contributed by atoms with van der Waals surface area (Å²) in [5.41, 5.74) is -0.0984. The first-order valence-electron chi connectivity index (χ1n) is 8.56. The lowest BCUT2D eigenvalue weighted by Crippen LogP contribution is -2.36. The van der Waals surface area contributed by atoms with Crippen LogP contribution >= 0.6 is 24.0 Å². The highest BCUT2D eigenvalue weighted by Crippen LogP contribution is 2.32. The van der Waals surface area contributed by atoms with Crippen LogP contribution in [0.4, 0.5) is 10.1 Å². The molecule has 3 N–H and O–H groups in total. The number of nitrogens with zero attached hydrogens (tertiary/aromatic N) is 1. The number of nitrogens with one attached hydrogen (secondary N) is 1. The Balaban J connectivity index is 1.74. The first-order valence-corrected chi connectivity index (χ1v) is 9.79. The number of halogens is 1. The van der Waals surface area contributed by atoms with Crippen molar-refractivity contribution in [2.24, 2.45) is 0 Å². The van der Waals surface area contributed by atoms with E-state index in [1.54, 1.807) is 0 Å². The molecule has 3 rings (SSSR count). The fraction of sp³-hybridized carbons (Fsp3) is 0.0500. The Morgan fingerprint density at radius 3 is 2.19 bits per heavy atom. The molecule has 1 heterocycles. The van der Waals surface area contributed by atoms with Crippen LogP contribution in [0.3, 0.4) is 0 Å². The Morgan fingerprint density at radius 2 is 1.65 bits per heavy atom. The van der Waals surface area contributed by atoms with Crippen molar-refractivity contribution in [3.8, 4) is 0 Å². The minimum absolute atomic E-state index is 0.0467. The predicted molar refractivity (Wildman–Crippen MR) is 115 cm³/mol. The van der Waals surface area contributed by atoms with Gasteiger partial charge in [0.2, 0.25) is 5.91 Å². The average molecular weight is 460 g/mol. The molecule has 0 aliphatic carbocycles. The topological polar surface area (TPSA) is 124 Å². The van der Waals surface area contributed by atoms with E-state index in [9.17, 15) is 23.6 Å². The van der Waals surface area contributed by atoms with Gasteiger partial charge in [0.25, 0.3) is 5.91 Å². The van der Waals surface area contributed by atoms with Crippen LogP contribution in [-0.4, -0.2) is 49.7 Å². The van der Waals surface area contributed by atoms with Gasteiger partial charge in [0.1, 0.15) is 16.7 Å². The smallest absolute Gasteiger partial charge is 0.335 e. The van der Waals surface area contributed by atoms with Crippen molar-refractivity contribution in [2.75, 3.05) is 11.9 Å². The lowest BCUT2D eigenvalue weighted by molar-refractivity contribution is -0.126. The standard InChI is InChI=1S/C20H13FN2O6S2/c21-13-3-1-10(2-4-13)5-15-17(25)23(20(30)31-15)9-16(24)22-14-7-11(18(26)27)6-12(8-14)19(28)29/h1-8H,9H2,(H,22,24)(H,26,27)(H,28,29)/b15-5-. The molecule has 0 spiro atoms. The second kappa shape index (κ2) is 9.06. The third-order valence-electron chi connectivity index (χ3n) is 4.05. The van der Waals surface area contributed by atoms with E-state index in [0.29, 0.717) is 5.56 Å². The van der Waals surface area contributed by atoms with Gasteiger partial charge in [0.05, 0.1) is 16.0 Å². The Labute approximate surface area is 184 Å². The summed E-state index contributed by atoms with van der Waals surface area (Å²) in [6, 6.07) is 8.64. The van der Waals surface area contributed by atoms with E-state index in [0.717, 1.165) is 34.9 Å². The molecule has 11 heteroatoms. The summed E-state index contributed by atoms with van der Waals surface area (Å²) in [5.74, 6) is -4.35. The van der Waals surface area contributed by atoms with Crippen LogP contribution < -0.4 is 5.32 Å². The Bertz CT molecular complexity index is 1110. The van der Waals surface area contributed by atoms with Crippen LogP contribution in [0.15, 0.2) is 47.4 Å². The summed E-state index contributed by atoms with van der Waals surface area (Å²) < 4.78 is 13.2. The van der Waals surface area contributed by atoms with E-state index in [2.05, 4.69) is 5.32 Å². The number of benzene rings is 2. The van der Waals surface area contributed by atoms with Gasteiger partial charge in [-0.1, -0.05) is 36.1 Å². The quantitative estimate of drug-likeness (QED) is 0.444. The van der Waals surface area contributed by atoms with E-state index < -0.39 is 36.1 Å². The molecule has 0 radical (unpaired) electrons. The second-order valence-corrected chi connectivity index (χ2v) is 7.95. The van der Waals surface area contributed by atoms with Gasteiger partial charge in [0, 0.05) is 5.69 Å². The average Bonchev–Trinajstić information content (AvgIpc) is 2.96. The van der Waals surface area contributed by atoms with Gasteiger partial charge in [-0.25, -0.2) is 14.0 Å². The normalized spacial score (nSPS) is 14.7. The molecule has 1 aliphatic heterocycles. The monoisotopic (exact) mass is 460 g/mol. The van der Waals surface area contributed by atoms with Gasteiger partial charge in [0.15, 0.2) is 0 Å². The molecule has 31 heavy (non-hydrogen) atoms. The number of thiocarbonyl (C=S) groups is 1. The lowest BCUT2D eigenvalue weighted by Gasteiger charge is -2.14. The zero-order valence-corrected chi connectivity index (χ0v) is 17.1. The molecule has 2 aromatic rings. The molecule has 1 aliphatic rings. The van der Waals surface area contributed by atoms with Gasteiger partial charge >= 0.3 is 11.9 Å². The Kier molecular flexibility index (Phi) is 6.47. The van der Waals surface area contributed by atoms with Crippen LogP contribution in [0.2, 0.25) is 0 Å². The highest BCUT2D eigenvalue weighted by molar-refractivity contribution is 8.26. The summed E-state index contributed by atoms with van der Waals surface area (Å²) in [7, 11) is 0. The third kappa shape index (κ3) is 5.32. The summed E-state index contributed by atoms with van der Waals surface area (Å²) in [6.07, 6.45) is 1.52. The van der Waals surface area contributed by atoms with Gasteiger partial charge in [-0.3, -0.25) is 14.5 Å². The molecule has 1 fully saturated rings. The molecular formula is C20H13FN2O6S2. The van der Waals surface area contributed by atoms with E-state index in [4.69, 9.17) is 22.4 Å². The third-order valence-corrected chi connectivity index (χ3v) is 5.43. The number of amides is 2. The number of carboxylic acid groups (broad SMARTS) is 2. The first kappa shape index (κ1) is 22.1. The van der Waals surface area contributed by atoms with Crippen molar-refractivity contribution >= 4 is 63.8 Å². The van der Waals surface area contributed by atoms with Gasteiger partial charge in [-0.2, -0.15) is 0 Å². The molecular weight excluding hydrogens is 447 g/mol. The molecule has 158 valence electrons. The summed E-state index contributed by atoms with van der Waals surface area (Å²) in [4.78, 5) is 48.7. The number of anilines is 1. The van der Waals surface area contributed by atoms with Gasteiger partial charge < -0.3 is 15.5 Å². The Morgan fingerprint density at radius 1 is 1.06 bits per heavy atom. The molecule has 0 saturated carbocycles. The number of hydrogen-bond donors (Lipinski definition) is 3. The SMILES string of the molecule is O=C(CN1C(=O)/C(=C/c2ccc(F)cc2)SC1=S)Nc1cc(C(=O)O)cc(C(=O)O)c1. The molecule has 2 amide bonds. The molecule has 8 nitrogen and oxygen atoms in total. The molecule has 0 atom stereocenters. The number of carboxylic acids is 2. The summed E-state index contributed by atoms with van der Waals surface area (Å²) in [6.45, 7) is -0.453. The first-order chi connectivity index (χ1) is 14.6. The van der Waals surface area contributed by atoms with Gasteiger partial charge in [-0.15, -0.1) is 0 Å². The molecule has 0 aromatic heterocycles. The lowest BCUT2D eigenvalue weighted by atomic mass is 10.1. The zero-order chi connectivity index (χ0) is 22.7. The number of hydrogen-bond acceptors (Lipinski definition) is 6. The van der Waals surface area contributed by atoms with Crippen molar-refractivity contribution in [2.45, 2.75) is 0 Å². The van der Waals surface area contributed by atoms with Gasteiger partial charge in [-0.05, 0) is 42.0 Å². The number of carbonyl (C=O) groups is 4. The van der Waals surface area contributed by atoms with E-state index in [1.807, 2.05) is 0 Å². The zero-order valence-electron chi connectivity index (χ0n) is 15.5. The Hall–Kier alpha value is -3.57. The minimum Gasteiger partial charge on any atom is -0.478 e. The maximum Gasteiger partial charge on any atom is 0.335 e. The summed E-state index contributed by atoms with van der Waals surface area (Å²) >= 11 is 6.14. The van der Waals surface area contributed by atoms with Crippen LogP contribution in [0.25, 0.3) is 6.08 Å². The highest BCUT2D eigenvalue weighted by atomic mass is 32.2. The van der Waals surface area contributed by atoms with Crippen molar-refractivity contribution in [3.63, 3.8) is 0 Å². The maximum atomic E-state index is 13.0. The van der Waals surface area contributed by atoms with Crippen molar-refractivity contribution in [1.82, 2.24) is 4.90 Å². The number of carbonyl (C=O) groups excluding carboxylic acids is 2. The fourth-order valence-electron chi connectivity index (χ4n) is 2.64. The predicted octanol–water partition coefficient (Wildman–Crippen LogP) is 3.06. The van der Waals surface area contributed by atoms with E-state index >= 15 is 0 Å². The number of thioether (sulfide) groups is 1. The van der Waals surface area contributed by atoms with Crippen LogP contribution in [-0.2, 0) is 9.59 Å².